The molecule has 29 heavy (non-hydrogen) atoms. The second kappa shape index (κ2) is 8.05. The second-order valence-corrected chi connectivity index (χ2v) is 8.30. The Balaban J connectivity index is 1.74. The molecule has 0 aromatic heterocycles. The number of para-hydroxylation sites is 1. The van der Waals surface area contributed by atoms with Crippen LogP contribution in [0.2, 0.25) is 0 Å². The molecule has 1 fully saturated rings. The van der Waals surface area contributed by atoms with Gasteiger partial charge in [0.25, 0.3) is 5.91 Å². The van der Waals surface area contributed by atoms with Crippen molar-refractivity contribution in [2.24, 2.45) is 0 Å². The summed E-state index contributed by atoms with van der Waals surface area (Å²) in [5.74, 6) is -0.0578. The van der Waals surface area contributed by atoms with Gasteiger partial charge in [-0.3, -0.25) is 14.6 Å². The fraction of sp³-hybridized carbons (Fsp3) is 0.217. The minimum Gasteiger partial charge on any atom is -0.335 e. The lowest BCUT2D eigenvalue weighted by Gasteiger charge is -2.20. The molecule has 2 aliphatic heterocycles. The van der Waals surface area contributed by atoms with Crippen molar-refractivity contribution in [2.75, 3.05) is 22.9 Å². The van der Waals surface area contributed by atoms with Crippen LogP contribution < -0.4 is 9.80 Å². The van der Waals surface area contributed by atoms with Crippen molar-refractivity contribution in [3.8, 4) is 0 Å². The van der Waals surface area contributed by atoms with Gasteiger partial charge in [0.05, 0.1) is 10.7 Å². The summed E-state index contributed by atoms with van der Waals surface area (Å²) in [5.41, 5.74) is 3.95. The Kier molecular flexibility index (Phi) is 5.48. The highest BCUT2D eigenvalue weighted by Gasteiger charge is 2.37. The number of hydrogen-bond donors (Lipinski definition) is 0. The molecule has 4 nitrogen and oxygen atoms in total. The highest BCUT2D eigenvalue weighted by Crippen LogP contribution is 2.46. The summed E-state index contributed by atoms with van der Waals surface area (Å²) in [6.45, 7) is 7.61. The van der Waals surface area contributed by atoms with Crippen LogP contribution in [0.5, 0.6) is 0 Å². The van der Waals surface area contributed by atoms with Gasteiger partial charge >= 0.3 is 0 Å². The van der Waals surface area contributed by atoms with Crippen LogP contribution in [0.3, 0.4) is 0 Å². The van der Waals surface area contributed by atoms with Crippen molar-refractivity contribution >= 4 is 46.4 Å². The van der Waals surface area contributed by atoms with E-state index >= 15 is 0 Å². The standard InChI is InChI=1S/C23H23N3OS2/c1-4-24-18-12-11-16(3)15-20(18)29-21(24)14-13-19-22(27)25(5-2)23(28)26(19)17-9-7-6-8-10-17/h6-15H,4-5H2,1-3H3. The first-order valence-electron chi connectivity index (χ1n) is 9.74. The second-order valence-electron chi connectivity index (χ2n) is 6.88. The number of thioether (sulfide) groups is 1. The van der Waals surface area contributed by atoms with Crippen LogP contribution in [0.15, 0.2) is 76.3 Å². The molecule has 1 amide bonds. The van der Waals surface area contributed by atoms with Crippen LogP contribution in [-0.4, -0.2) is 29.0 Å². The molecule has 0 atom stereocenters. The number of hydrogen-bond acceptors (Lipinski definition) is 4. The largest absolute Gasteiger partial charge is 0.335 e. The third-order valence-electron chi connectivity index (χ3n) is 5.04. The van der Waals surface area contributed by atoms with E-state index in [2.05, 4.69) is 36.9 Å². The van der Waals surface area contributed by atoms with Gasteiger partial charge in [0.2, 0.25) is 0 Å². The Hall–Kier alpha value is -2.57. The van der Waals surface area contributed by atoms with E-state index in [-0.39, 0.29) is 5.91 Å². The molecule has 2 aliphatic rings. The van der Waals surface area contributed by atoms with Crippen molar-refractivity contribution in [3.63, 3.8) is 0 Å². The lowest BCUT2D eigenvalue weighted by molar-refractivity contribution is -0.122. The molecule has 2 aromatic rings. The molecule has 0 N–H and O–H groups in total. The maximum absolute atomic E-state index is 13.0. The van der Waals surface area contributed by atoms with Crippen molar-refractivity contribution in [3.05, 3.63) is 77.0 Å². The van der Waals surface area contributed by atoms with Gasteiger partial charge in [-0.25, -0.2) is 0 Å². The summed E-state index contributed by atoms with van der Waals surface area (Å²) >= 11 is 7.36. The zero-order valence-electron chi connectivity index (χ0n) is 16.8. The average molecular weight is 422 g/mol. The van der Waals surface area contributed by atoms with Gasteiger partial charge in [-0.05, 0) is 75.0 Å². The molecule has 2 heterocycles. The fourth-order valence-corrected chi connectivity index (χ4v) is 5.25. The van der Waals surface area contributed by atoms with Crippen molar-refractivity contribution < 1.29 is 4.79 Å². The van der Waals surface area contributed by atoms with Crippen molar-refractivity contribution in [1.29, 1.82) is 0 Å². The van der Waals surface area contributed by atoms with Crippen LogP contribution in [0.1, 0.15) is 19.4 Å². The quantitative estimate of drug-likeness (QED) is 0.493. The zero-order chi connectivity index (χ0) is 20.5. The Morgan fingerprint density at radius 3 is 2.41 bits per heavy atom. The van der Waals surface area contributed by atoms with E-state index < -0.39 is 0 Å². The monoisotopic (exact) mass is 421 g/mol. The number of likely N-dealkylation sites (N-methyl/N-ethyl adjacent to an activating group) is 1. The van der Waals surface area contributed by atoms with E-state index in [0.717, 1.165) is 17.3 Å². The van der Waals surface area contributed by atoms with Crippen LogP contribution in [-0.2, 0) is 4.79 Å². The van der Waals surface area contributed by atoms with Gasteiger partial charge in [-0.2, -0.15) is 0 Å². The first kappa shape index (κ1) is 19.7. The third kappa shape index (κ3) is 3.47. The molecular weight excluding hydrogens is 398 g/mol. The van der Waals surface area contributed by atoms with E-state index in [9.17, 15) is 4.79 Å². The first-order chi connectivity index (χ1) is 14.0. The van der Waals surface area contributed by atoms with E-state index in [0.29, 0.717) is 17.4 Å². The number of carbonyl (C=O) groups is 1. The molecule has 148 valence electrons. The minimum absolute atomic E-state index is 0.0578. The smallest absolute Gasteiger partial charge is 0.277 e. The minimum atomic E-state index is -0.0578. The molecular formula is C23H23N3OS2. The number of allylic oxidation sites excluding steroid dienone is 2. The maximum Gasteiger partial charge on any atom is 0.277 e. The molecule has 4 rings (SSSR count). The normalized spacial score (nSPS) is 19.1. The Morgan fingerprint density at radius 2 is 1.72 bits per heavy atom. The summed E-state index contributed by atoms with van der Waals surface area (Å²) in [6.07, 6.45) is 3.94. The average Bonchev–Trinajstić information content (AvgIpc) is 3.19. The number of thiocarbonyl (C=S) groups is 1. The third-order valence-corrected chi connectivity index (χ3v) is 6.56. The topological polar surface area (TPSA) is 26.8 Å². The Bertz CT molecular complexity index is 1030. The van der Waals surface area contributed by atoms with Gasteiger partial charge in [0.1, 0.15) is 5.70 Å². The lowest BCUT2D eigenvalue weighted by atomic mass is 10.2. The maximum atomic E-state index is 13.0. The Morgan fingerprint density at radius 1 is 1.00 bits per heavy atom. The molecule has 2 aromatic carbocycles. The molecule has 0 unspecified atom stereocenters. The summed E-state index contributed by atoms with van der Waals surface area (Å²) < 4.78 is 0. The summed E-state index contributed by atoms with van der Waals surface area (Å²) in [6, 6.07) is 16.3. The lowest BCUT2D eigenvalue weighted by Crippen LogP contribution is -2.32. The SMILES string of the molecule is CCN1C(=O)C(=CC=C2Sc3cc(C)ccc3N2CC)N(c2ccccc2)C1=S. The van der Waals surface area contributed by atoms with Gasteiger partial charge in [0, 0.05) is 23.7 Å². The van der Waals surface area contributed by atoms with Crippen LogP contribution in [0.4, 0.5) is 11.4 Å². The molecule has 6 heteroatoms. The highest BCUT2D eigenvalue weighted by molar-refractivity contribution is 8.03. The molecule has 0 radical (unpaired) electrons. The number of aryl methyl sites for hydroxylation is 1. The number of fused-ring (bicyclic) bond motifs is 1. The number of rotatable bonds is 4. The summed E-state index contributed by atoms with van der Waals surface area (Å²) in [7, 11) is 0. The fourth-order valence-electron chi connectivity index (χ4n) is 3.61. The number of carbonyl (C=O) groups excluding carboxylic acids is 1. The van der Waals surface area contributed by atoms with E-state index in [4.69, 9.17) is 12.2 Å². The number of amides is 1. The predicted octanol–water partition coefficient (Wildman–Crippen LogP) is 5.31. The first-order valence-corrected chi connectivity index (χ1v) is 11.0. The molecule has 0 spiro atoms. The van der Waals surface area contributed by atoms with E-state index in [1.54, 1.807) is 16.7 Å². The molecule has 1 saturated heterocycles. The van der Waals surface area contributed by atoms with E-state index in [1.807, 2.05) is 54.3 Å². The van der Waals surface area contributed by atoms with Gasteiger partial charge in [0.15, 0.2) is 5.11 Å². The van der Waals surface area contributed by atoms with E-state index in [1.165, 1.54) is 16.1 Å². The summed E-state index contributed by atoms with van der Waals surface area (Å²) in [5, 5.41) is 1.64. The van der Waals surface area contributed by atoms with Crippen LogP contribution >= 0.6 is 24.0 Å². The van der Waals surface area contributed by atoms with Gasteiger partial charge in [-0.15, -0.1) is 0 Å². The predicted molar refractivity (Wildman–Crippen MR) is 125 cm³/mol. The zero-order valence-corrected chi connectivity index (χ0v) is 18.4. The number of anilines is 2. The molecule has 0 aliphatic carbocycles. The van der Waals surface area contributed by atoms with Crippen LogP contribution in [0, 0.1) is 6.92 Å². The molecule has 0 saturated carbocycles. The highest BCUT2D eigenvalue weighted by atomic mass is 32.2. The Labute approximate surface area is 181 Å². The van der Waals surface area contributed by atoms with Crippen LogP contribution in [0.25, 0.3) is 0 Å². The number of benzene rings is 2. The summed E-state index contributed by atoms with van der Waals surface area (Å²) in [4.78, 5) is 20.1. The number of nitrogens with zero attached hydrogens (tertiary/aromatic N) is 3. The van der Waals surface area contributed by atoms with Crippen molar-refractivity contribution in [2.45, 2.75) is 25.7 Å². The molecule has 0 bridgehead atoms. The van der Waals surface area contributed by atoms with Gasteiger partial charge < -0.3 is 4.90 Å². The van der Waals surface area contributed by atoms with Crippen molar-refractivity contribution in [1.82, 2.24) is 4.90 Å². The van der Waals surface area contributed by atoms with Gasteiger partial charge in [-0.1, -0.05) is 36.0 Å².